The molecule has 0 saturated carbocycles. The Labute approximate surface area is 135 Å². The summed E-state index contributed by atoms with van der Waals surface area (Å²) in [7, 11) is -3.91. The predicted molar refractivity (Wildman–Crippen MR) is 88.7 cm³/mol. The number of aliphatic hydroxyl groups is 1. The van der Waals surface area contributed by atoms with Gasteiger partial charge in [-0.05, 0) is 24.1 Å². The second kappa shape index (κ2) is 6.65. The normalized spacial score (nSPS) is 14.3. The van der Waals surface area contributed by atoms with E-state index < -0.39 is 21.2 Å². The van der Waals surface area contributed by atoms with Crippen molar-refractivity contribution in [1.29, 1.82) is 0 Å². The van der Waals surface area contributed by atoms with Gasteiger partial charge in [0, 0.05) is 0 Å². The highest BCUT2D eigenvalue weighted by atomic mass is 35.5. The van der Waals surface area contributed by atoms with Gasteiger partial charge in [-0.25, -0.2) is 8.42 Å². The molecule has 0 saturated heterocycles. The first kappa shape index (κ1) is 16.7. The monoisotopic (exact) mass is 336 g/mol. The first-order chi connectivity index (χ1) is 10.5. The fourth-order valence-electron chi connectivity index (χ4n) is 2.47. The van der Waals surface area contributed by atoms with Crippen LogP contribution in [0.15, 0.2) is 72.1 Å². The molecule has 5 heteroatoms. The average Bonchev–Trinajstić information content (AvgIpc) is 2.53. The van der Waals surface area contributed by atoms with Crippen molar-refractivity contribution < 1.29 is 13.5 Å². The van der Waals surface area contributed by atoms with Gasteiger partial charge in [-0.15, -0.1) is 6.58 Å². The van der Waals surface area contributed by atoms with Crippen molar-refractivity contribution in [1.82, 2.24) is 0 Å². The first-order valence-electron chi connectivity index (χ1n) is 6.76. The SMILES string of the molecule is C=CCC(CO)(c1ccccc1)S(=O)(=O)c1ccccc1Cl. The lowest BCUT2D eigenvalue weighted by molar-refractivity contribution is 0.241. The molecule has 3 nitrogen and oxygen atoms in total. The molecule has 0 amide bonds. The summed E-state index contributed by atoms with van der Waals surface area (Å²) in [5.74, 6) is 0. The van der Waals surface area contributed by atoms with Crippen LogP contribution in [0, 0.1) is 0 Å². The van der Waals surface area contributed by atoms with Gasteiger partial charge in [0.05, 0.1) is 16.5 Å². The summed E-state index contributed by atoms with van der Waals surface area (Å²) in [6.45, 7) is 3.08. The van der Waals surface area contributed by atoms with Gasteiger partial charge in [-0.3, -0.25) is 0 Å². The Kier molecular flexibility index (Phi) is 5.06. The van der Waals surface area contributed by atoms with Gasteiger partial charge in [-0.2, -0.15) is 0 Å². The number of benzene rings is 2. The minimum Gasteiger partial charge on any atom is -0.394 e. The standard InChI is InChI=1S/C17H17ClO3S/c1-2-12-17(13-19,14-8-4-3-5-9-14)22(20,21)16-11-7-6-10-15(16)18/h2-11,19H,1,12-13H2. The molecule has 0 spiro atoms. The van der Waals surface area contributed by atoms with E-state index in [-0.39, 0.29) is 16.3 Å². The van der Waals surface area contributed by atoms with E-state index in [1.165, 1.54) is 18.2 Å². The molecule has 2 aromatic carbocycles. The molecule has 1 atom stereocenters. The Morgan fingerprint density at radius 2 is 1.68 bits per heavy atom. The number of rotatable bonds is 6. The average molecular weight is 337 g/mol. The summed E-state index contributed by atoms with van der Waals surface area (Å²) >= 11 is 6.07. The predicted octanol–water partition coefficient (Wildman–Crippen LogP) is 3.58. The summed E-state index contributed by atoms with van der Waals surface area (Å²) < 4.78 is 24.9. The van der Waals surface area contributed by atoms with E-state index in [9.17, 15) is 13.5 Å². The molecule has 1 N–H and O–H groups in total. The van der Waals surface area contributed by atoms with E-state index in [1.54, 1.807) is 42.5 Å². The third kappa shape index (κ3) is 2.70. The van der Waals surface area contributed by atoms with Crippen LogP contribution in [0.3, 0.4) is 0 Å². The van der Waals surface area contributed by atoms with Crippen LogP contribution < -0.4 is 0 Å². The van der Waals surface area contributed by atoms with Crippen molar-refractivity contribution in [3.05, 3.63) is 77.8 Å². The molecule has 0 aliphatic rings. The second-order valence-corrected chi connectivity index (χ2v) is 7.58. The summed E-state index contributed by atoms with van der Waals surface area (Å²) in [5.41, 5.74) is 0.511. The van der Waals surface area contributed by atoms with Crippen molar-refractivity contribution in [2.75, 3.05) is 6.61 Å². The van der Waals surface area contributed by atoms with Gasteiger partial charge in [0.2, 0.25) is 0 Å². The third-order valence-corrected chi connectivity index (χ3v) is 6.61. The maximum Gasteiger partial charge on any atom is 0.192 e. The topological polar surface area (TPSA) is 54.4 Å². The molecular weight excluding hydrogens is 320 g/mol. The number of halogens is 1. The zero-order chi connectivity index (χ0) is 16.2. The Bertz CT molecular complexity index is 756. The quantitative estimate of drug-likeness (QED) is 0.820. The van der Waals surface area contributed by atoms with Gasteiger partial charge in [0.25, 0.3) is 0 Å². The lowest BCUT2D eigenvalue weighted by atomic mass is 9.95. The number of sulfone groups is 1. The molecule has 0 radical (unpaired) electrons. The van der Waals surface area contributed by atoms with Crippen LogP contribution in [0.5, 0.6) is 0 Å². The molecule has 0 aliphatic carbocycles. The van der Waals surface area contributed by atoms with E-state index in [4.69, 9.17) is 11.6 Å². The lowest BCUT2D eigenvalue weighted by Crippen LogP contribution is -2.39. The van der Waals surface area contributed by atoms with Crippen molar-refractivity contribution in [2.45, 2.75) is 16.1 Å². The number of aliphatic hydroxyl groups excluding tert-OH is 1. The summed E-state index contributed by atoms with van der Waals surface area (Å²) in [6, 6.07) is 14.9. The van der Waals surface area contributed by atoms with Crippen LogP contribution >= 0.6 is 11.6 Å². The lowest BCUT2D eigenvalue weighted by Gasteiger charge is -2.31. The van der Waals surface area contributed by atoms with Crippen LogP contribution in [0.2, 0.25) is 5.02 Å². The van der Waals surface area contributed by atoms with Gasteiger partial charge in [0.15, 0.2) is 9.84 Å². The largest absolute Gasteiger partial charge is 0.394 e. The first-order valence-corrected chi connectivity index (χ1v) is 8.62. The smallest absolute Gasteiger partial charge is 0.192 e. The molecule has 0 fully saturated rings. The maximum atomic E-state index is 13.2. The summed E-state index contributed by atoms with van der Waals surface area (Å²) in [4.78, 5) is 0.0106. The van der Waals surface area contributed by atoms with E-state index in [2.05, 4.69) is 6.58 Å². The Hall–Kier alpha value is -1.62. The zero-order valence-electron chi connectivity index (χ0n) is 11.9. The molecule has 2 rings (SSSR count). The van der Waals surface area contributed by atoms with E-state index in [0.717, 1.165) is 0 Å². The number of allylic oxidation sites excluding steroid dienone is 1. The molecule has 116 valence electrons. The maximum absolute atomic E-state index is 13.2. The van der Waals surface area contributed by atoms with Crippen LogP contribution in [0.1, 0.15) is 12.0 Å². The molecular formula is C17H17ClO3S. The van der Waals surface area contributed by atoms with Crippen molar-refractivity contribution in [3.8, 4) is 0 Å². The van der Waals surface area contributed by atoms with Gasteiger partial charge in [0.1, 0.15) is 4.75 Å². The molecule has 0 aromatic heterocycles. The van der Waals surface area contributed by atoms with Crippen LogP contribution in [-0.2, 0) is 14.6 Å². The van der Waals surface area contributed by atoms with E-state index in [0.29, 0.717) is 5.56 Å². The summed E-state index contributed by atoms with van der Waals surface area (Å²) in [5, 5.41) is 10.1. The molecule has 0 bridgehead atoms. The zero-order valence-corrected chi connectivity index (χ0v) is 13.5. The molecule has 1 unspecified atom stereocenters. The van der Waals surface area contributed by atoms with Gasteiger partial charge >= 0.3 is 0 Å². The Balaban J connectivity index is 2.74. The van der Waals surface area contributed by atoms with Crippen molar-refractivity contribution >= 4 is 21.4 Å². The van der Waals surface area contributed by atoms with E-state index in [1.807, 2.05) is 0 Å². The van der Waals surface area contributed by atoms with E-state index >= 15 is 0 Å². The summed E-state index contributed by atoms with van der Waals surface area (Å²) in [6.07, 6.45) is 1.58. The fourth-order valence-corrected chi connectivity index (χ4v) is 4.87. The Morgan fingerprint density at radius 3 is 2.23 bits per heavy atom. The molecule has 0 aliphatic heterocycles. The van der Waals surface area contributed by atoms with Crippen LogP contribution in [0.4, 0.5) is 0 Å². The van der Waals surface area contributed by atoms with Gasteiger partial charge in [-0.1, -0.05) is 60.1 Å². The Morgan fingerprint density at radius 1 is 1.09 bits per heavy atom. The molecule has 22 heavy (non-hydrogen) atoms. The highest BCUT2D eigenvalue weighted by Crippen LogP contribution is 2.40. The van der Waals surface area contributed by atoms with Crippen LogP contribution in [-0.4, -0.2) is 20.1 Å². The minimum atomic E-state index is -3.91. The van der Waals surface area contributed by atoms with Crippen molar-refractivity contribution in [3.63, 3.8) is 0 Å². The van der Waals surface area contributed by atoms with Gasteiger partial charge < -0.3 is 5.11 Å². The molecule has 2 aromatic rings. The van der Waals surface area contributed by atoms with Crippen LogP contribution in [0.25, 0.3) is 0 Å². The number of hydrogen-bond acceptors (Lipinski definition) is 3. The molecule has 0 heterocycles. The highest BCUT2D eigenvalue weighted by molar-refractivity contribution is 7.92. The minimum absolute atomic E-state index is 0.0106. The fraction of sp³-hybridized carbons (Fsp3) is 0.176. The second-order valence-electron chi connectivity index (χ2n) is 4.95. The highest BCUT2D eigenvalue weighted by Gasteiger charge is 2.45. The van der Waals surface area contributed by atoms with Crippen molar-refractivity contribution in [2.24, 2.45) is 0 Å². The third-order valence-electron chi connectivity index (χ3n) is 3.67. The number of hydrogen-bond donors (Lipinski definition) is 1.